The molecule has 2 N–H and O–H groups in total. The van der Waals surface area contributed by atoms with Gasteiger partial charge in [0.15, 0.2) is 0 Å². The molecule has 0 saturated heterocycles. The molecule has 1 atom stereocenters. The van der Waals surface area contributed by atoms with E-state index in [0.717, 1.165) is 0 Å². The van der Waals surface area contributed by atoms with E-state index in [9.17, 15) is 0 Å². The molecule has 0 spiro atoms. The van der Waals surface area contributed by atoms with Crippen LogP contribution in [0.15, 0.2) is 0 Å². The minimum atomic E-state index is 0. The SMILES string of the molecule is [CH2-]C(C)N.[Y+3]. The number of nitrogens with two attached hydrogens (primary N) is 1. The topological polar surface area (TPSA) is 26.0 Å². The van der Waals surface area contributed by atoms with Gasteiger partial charge in [-0.2, -0.15) is 0 Å². The summed E-state index contributed by atoms with van der Waals surface area (Å²) in [4.78, 5) is 0. The Kier molecular flexibility index (Phi) is 9.54. The molecule has 0 aromatic rings. The van der Waals surface area contributed by atoms with Crippen molar-refractivity contribution in [2.45, 2.75) is 13.0 Å². The fourth-order valence-electron chi connectivity index (χ4n) is 0. The van der Waals surface area contributed by atoms with Gasteiger partial charge in [-0.25, -0.2) is 0 Å². The summed E-state index contributed by atoms with van der Waals surface area (Å²) < 4.78 is 0. The molecular formula is C3H8NY+2. The zero-order valence-corrected chi connectivity index (χ0v) is 6.28. The molecule has 0 aromatic heterocycles. The smallest absolute Gasteiger partial charge is 0.357 e. The fraction of sp³-hybridized carbons (Fsp3) is 0.667. The second kappa shape index (κ2) is 5.06. The Hall–Kier alpha value is 1.06. The van der Waals surface area contributed by atoms with Crippen molar-refractivity contribution < 1.29 is 32.7 Å². The van der Waals surface area contributed by atoms with Crippen LogP contribution in [0.2, 0.25) is 0 Å². The molecule has 26 valence electrons. The maximum absolute atomic E-state index is 5.00. The van der Waals surface area contributed by atoms with Gasteiger partial charge in [0.25, 0.3) is 0 Å². The minimum Gasteiger partial charge on any atom is -0.357 e. The van der Waals surface area contributed by atoms with E-state index in [1.165, 1.54) is 0 Å². The first-order valence-electron chi connectivity index (χ1n) is 1.32. The van der Waals surface area contributed by atoms with E-state index in [2.05, 4.69) is 6.92 Å². The minimum absolute atomic E-state index is 0. The van der Waals surface area contributed by atoms with E-state index in [0.29, 0.717) is 0 Å². The molecule has 0 aliphatic carbocycles. The van der Waals surface area contributed by atoms with Crippen LogP contribution in [-0.4, -0.2) is 6.04 Å². The van der Waals surface area contributed by atoms with Crippen molar-refractivity contribution in [2.24, 2.45) is 5.73 Å². The van der Waals surface area contributed by atoms with E-state index in [1.807, 2.05) is 6.92 Å². The molecule has 0 rings (SSSR count). The summed E-state index contributed by atoms with van der Waals surface area (Å²) in [5.74, 6) is 0. The molecule has 0 aromatic carbocycles. The second-order valence-electron chi connectivity index (χ2n) is 0.977. The second-order valence-corrected chi connectivity index (χ2v) is 0.977. The van der Waals surface area contributed by atoms with Gasteiger partial charge in [-0.3, -0.25) is 0 Å². The maximum Gasteiger partial charge on any atom is 3.00 e. The van der Waals surface area contributed by atoms with Crippen molar-refractivity contribution in [1.29, 1.82) is 0 Å². The summed E-state index contributed by atoms with van der Waals surface area (Å²) >= 11 is 0. The quantitative estimate of drug-likeness (QED) is 0.485. The van der Waals surface area contributed by atoms with E-state index in [4.69, 9.17) is 5.73 Å². The van der Waals surface area contributed by atoms with Crippen molar-refractivity contribution in [3.63, 3.8) is 0 Å². The molecule has 0 saturated carbocycles. The van der Waals surface area contributed by atoms with Gasteiger partial charge in [-0.1, -0.05) is 6.92 Å². The zero-order valence-electron chi connectivity index (χ0n) is 3.44. The Morgan fingerprint density at radius 1 is 1.80 bits per heavy atom. The van der Waals surface area contributed by atoms with Crippen LogP contribution >= 0.6 is 0 Å². The largest absolute Gasteiger partial charge is 3.00 e. The first kappa shape index (κ1) is 9.42. The van der Waals surface area contributed by atoms with Gasteiger partial charge in [-0.15, -0.1) is 6.04 Å². The maximum atomic E-state index is 5.00. The average molecular weight is 147 g/mol. The van der Waals surface area contributed by atoms with Gasteiger partial charge >= 0.3 is 32.7 Å². The molecule has 0 bridgehead atoms. The number of rotatable bonds is 0. The molecule has 1 unspecified atom stereocenters. The van der Waals surface area contributed by atoms with Gasteiger partial charge in [0.05, 0.1) is 0 Å². The Bertz CT molecular complexity index is 11.6. The van der Waals surface area contributed by atoms with Crippen LogP contribution in [0, 0.1) is 6.92 Å². The van der Waals surface area contributed by atoms with Gasteiger partial charge in [-0.05, 0) is 0 Å². The molecule has 0 aliphatic heterocycles. The first-order chi connectivity index (χ1) is 1.73. The summed E-state index contributed by atoms with van der Waals surface area (Å²) in [6.07, 6.45) is 0. The van der Waals surface area contributed by atoms with Gasteiger partial charge in [0, 0.05) is 0 Å². The molecule has 5 heavy (non-hydrogen) atoms. The van der Waals surface area contributed by atoms with E-state index in [1.54, 1.807) is 0 Å². The summed E-state index contributed by atoms with van der Waals surface area (Å²) in [6.45, 7) is 5.25. The Balaban J connectivity index is 0. The van der Waals surface area contributed by atoms with Crippen LogP contribution in [0.1, 0.15) is 6.92 Å². The fourth-order valence-corrected chi connectivity index (χ4v) is 0. The van der Waals surface area contributed by atoms with Crippen LogP contribution in [0.4, 0.5) is 0 Å². The number of hydrogen-bond donors (Lipinski definition) is 1. The molecule has 0 radical (unpaired) electrons. The van der Waals surface area contributed by atoms with Crippen molar-refractivity contribution in [3.8, 4) is 0 Å². The molecule has 1 nitrogen and oxygen atoms in total. The molecule has 2 heteroatoms. The molecule has 0 fully saturated rings. The Morgan fingerprint density at radius 2 is 1.80 bits per heavy atom. The summed E-state index contributed by atoms with van der Waals surface area (Å²) in [5.41, 5.74) is 5.00. The van der Waals surface area contributed by atoms with Crippen molar-refractivity contribution in [1.82, 2.24) is 0 Å². The van der Waals surface area contributed by atoms with E-state index in [-0.39, 0.29) is 38.8 Å². The monoisotopic (exact) mass is 147 g/mol. The van der Waals surface area contributed by atoms with Gasteiger partial charge in [0.2, 0.25) is 0 Å². The summed E-state index contributed by atoms with van der Waals surface area (Å²) in [6, 6.07) is 0.0833. The zero-order chi connectivity index (χ0) is 3.58. The van der Waals surface area contributed by atoms with Crippen molar-refractivity contribution in [3.05, 3.63) is 6.92 Å². The molecular weight excluding hydrogens is 139 g/mol. The predicted molar refractivity (Wildman–Crippen MR) is 19.0 cm³/mol. The van der Waals surface area contributed by atoms with E-state index < -0.39 is 0 Å². The van der Waals surface area contributed by atoms with Gasteiger partial charge in [0.1, 0.15) is 0 Å². The van der Waals surface area contributed by atoms with Crippen LogP contribution in [0.5, 0.6) is 0 Å². The van der Waals surface area contributed by atoms with Crippen LogP contribution in [0.3, 0.4) is 0 Å². The van der Waals surface area contributed by atoms with Crippen LogP contribution in [0.25, 0.3) is 0 Å². The third-order valence-corrected chi connectivity index (χ3v) is 0. The normalized spacial score (nSPS) is 12.6. The first-order valence-corrected chi connectivity index (χ1v) is 1.32. The molecule has 0 amide bonds. The summed E-state index contributed by atoms with van der Waals surface area (Å²) in [7, 11) is 0. The van der Waals surface area contributed by atoms with Crippen molar-refractivity contribution >= 4 is 0 Å². The third kappa shape index (κ3) is 42.0. The molecule has 0 aliphatic rings. The standard InChI is InChI=1S/C3H8N.Y/c1-3(2)4;/h3H,1,4H2,2H3;/q-1;+3. The van der Waals surface area contributed by atoms with E-state index >= 15 is 0 Å². The third-order valence-electron chi connectivity index (χ3n) is 0. The summed E-state index contributed by atoms with van der Waals surface area (Å²) in [5, 5.41) is 0. The molecule has 0 heterocycles. The Morgan fingerprint density at radius 3 is 1.80 bits per heavy atom. The van der Waals surface area contributed by atoms with Crippen LogP contribution in [-0.2, 0) is 32.7 Å². The van der Waals surface area contributed by atoms with Gasteiger partial charge < -0.3 is 12.7 Å². The van der Waals surface area contributed by atoms with Crippen molar-refractivity contribution in [2.75, 3.05) is 0 Å². The Labute approximate surface area is 58.2 Å². The average Bonchev–Trinajstić information content (AvgIpc) is 0.811. The predicted octanol–water partition coefficient (Wildman–Crippen LogP) is 0.165. The van der Waals surface area contributed by atoms with Crippen LogP contribution < -0.4 is 5.73 Å². The number of hydrogen-bond acceptors (Lipinski definition) is 1.